The Labute approximate surface area is 112 Å². The van der Waals surface area contributed by atoms with Gasteiger partial charge in [0.15, 0.2) is 11.6 Å². The van der Waals surface area contributed by atoms with E-state index < -0.39 is 11.6 Å². The van der Waals surface area contributed by atoms with Crippen molar-refractivity contribution in [1.29, 1.82) is 5.26 Å². The SMILES string of the molecule is CC(C)CCN(c1ccc(C#N)c(F)c1F)C1CC1. The minimum atomic E-state index is -1.03. The van der Waals surface area contributed by atoms with Gasteiger partial charge >= 0.3 is 0 Å². The van der Waals surface area contributed by atoms with Crippen LogP contribution in [-0.2, 0) is 0 Å². The highest BCUT2D eigenvalue weighted by atomic mass is 19.2. The van der Waals surface area contributed by atoms with Crippen molar-refractivity contribution < 1.29 is 8.78 Å². The Morgan fingerprint density at radius 3 is 2.53 bits per heavy atom. The van der Waals surface area contributed by atoms with E-state index in [1.165, 1.54) is 12.1 Å². The smallest absolute Gasteiger partial charge is 0.183 e. The van der Waals surface area contributed by atoms with Crippen LogP contribution < -0.4 is 4.90 Å². The summed E-state index contributed by atoms with van der Waals surface area (Å²) in [5.74, 6) is -1.41. The molecule has 0 amide bonds. The van der Waals surface area contributed by atoms with Gasteiger partial charge in [0, 0.05) is 12.6 Å². The number of hydrogen-bond acceptors (Lipinski definition) is 2. The molecule has 102 valence electrons. The van der Waals surface area contributed by atoms with Crippen molar-refractivity contribution >= 4 is 5.69 Å². The molecule has 0 aliphatic heterocycles. The van der Waals surface area contributed by atoms with Crippen molar-refractivity contribution in [2.75, 3.05) is 11.4 Å². The number of nitriles is 1. The average Bonchev–Trinajstić information content (AvgIpc) is 3.19. The molecule has 1 fully saturated rings. The third-order valence-corrected chi connectivity index (χ3v) is 3.43. The Morgan fingerprint density at radius 2 is 2.00 bits per heavy atom. The van der Waals surface area contributed by atoms with Gasteiger partial charge in [-0.3, -0.25) is 0 Å². The average molecular weight is 264 g/mol. The molecule has 4 heteroatoms. The summed E-state index contributed by atoms with van der Waals surface area (Å²) in [5, 5.41) is 8.70. The van der Waals surface area contributed by atoms with Crippen LogP contribution in [0.5, 0.6) is 0 Å². The van der Waals surface area contributed by atoms with Gasteiger partial charge in [-0.2, -0.15) is 5.26 Å². The normalized spacial score (nSPS) is 14.5. The molecule has 0 unspecified atom stereocenters. The minimum Gasteiger partial charge on any atom is -0.366 e. The Hall–Kier alpha value is -1.63. The van der Waals surface area contributed by atoms with E-state index in [0.29, 0.717) is 17.6 Å². The number of hydrogen-bond donors (Lipinski definition) is 0. The van der Waals surface area contributed by atoms with Crippen LogP contribution in [0.15, 0.2) is 12.1 Å². The van der Waals surface area contributed by atoms with E-state index in [9.17, 15) is 8.78 Å². The van der Waals surface area contributed by atoms with E-state index in [0.717, 1.165) is 25.8 Å². The molecular formula is C15H18F2N2. The van der Waals surface area contributed by atoms with E-state index in [1.54, 1.807) is 6.07 Å². The first-order chi connectivity index (χ1) is 9.04. The van der Waals surface area contributed by atoms with Crippen molar-refractivity contribution in [3.05, 3.63) is 29.3 Å². The summed E-state index contributed by atoms with van der Waals surface area (Å²) < 4.78 is 27.7. The van der Waals surface area contributed by atoms with Crippen molar-refractivity contribution in [3.63, 3.8) is 0 Å². The summed E-state index contributed by atoms with van der Waals surface area (Å²) in [5.41, 5.74) is 0.0560. The molecule has 0 aromatic heterocycles. The van der Waals surface area contributed by atoms with Gasteiger partial charge < -0.3 is 4.90 Å². The maximum Gasteiger partial charge on any atom is 0.183 e. The highest BCUT2D eigenvalue weighted by molar-refractivity contribution is 5.53. The van der Waals surface area contributed by atoms with Crippen molar-refractivity contribution in [2.45, 2.75) is 39.2 Å². The zero-order chi connectivity index (χ0) is 14.0. The lowest BCUT2D eigenvalue weighted by atomic mass is 10.1. The fourth-order valence-electron chi connectivity index (χ4n) is 2.13. The summed E-state index contributed by atoms with van der Waals surface area (Å²) in [7, 11) is 0. The summed E-state index contributed by atoms with van der Waals surface area (Å²) in [6, 6.07) is 4.87. The van der Waals surface area contributed by atoms with Gasteiger partial charge in [-0.15, -0.1) is 0 Å². The predicted octanol–water partition coefficient (Wildman–Crippen LogP) is 3.85. The zero-order valence-corrected chi connectivity index (χ0v) is 11.3. The van der Waals surface area contributed by atoms with Crippen LogP contribution in [0.25, 0.3) is 0 Å². The highest BCUT2D eigenvalue weighted by Gasteiger charge is 2.31. The summed E-state index contributed by atoms with van der Waals surface area (Å²) in [6.07, 6.45) is 3.00. The second-order valence-corrected chi connectivity index (χ2v) is 5.48. The molecule has 19 heavy (non-hydrogen) atoms. The van der Waals surface area contributed by atoms with E-state index in [-0.39, 0.29) is 5.56 Å². The number of rotatable bonds is 5. The van der Waals surface area contributed by atoms with Gasteiger partial charge in [0.1, 0.15) is 6.07 Å². The fraction of sp³-hybridized carbons (Fsp3) is 0.533. The van der Waals surface area contributed by atoms with Gasteiger partial charge in [0.2, 0.25) is 0 Å². The molecule has 1 aliphatic rings. The first kappa shape index (κ1) is 13.8. The second kappa shape index (κ2) is 5.56. The molecule has 0 spiro atoms. The number of nitrogens with zero attached hydrogens (tertiary/aromatic N) is 2. The molecule has 1 aromatic carbocycles. The van der Waals surface area contributed by atoms with Crippen LogP contribution in [0, 0.1) is 28.9 Å². The largest absolute Gasteiger partial charge is 0.366 e. The van der Waals surface area contributed by atoms with E-state index in [2.05, 4.69) is 13.8 Å². The first-order valence-electron chi connectivity index (χ1n) is 6.69. The standard InChI is InChI=1S/C15H18F2N2/c1-10(2)7-8-19(12-4-5-12)13-6-3-11(9-18)14(16)15(13)17/h3,6,10,12H,4-5,7-8H2,1-2H3. The van der Waals surface area contributed by atoms with Gasteiger partial charge in [-0.1, -0.05) is 13.8 Å². The van der Waals surface area contributed by atoms with Crippen LogP contribution in [0.1, 0.15) is 38.7 Å². The topological polar surface area (TPSA) is 27.0 Å². The summed E-state index contributed by atoms with van der Waals surface area (Å²) >= 11 is 0. The van der Waals surface area contributed by atoms with Crippen LogP contribution >= 0.6 is 0 Å². The van der Waals surface area contributed by atoms with Gasteiger partial charge in [-0.25, -0.2) is 8.78 Å². The molecule has 1 aromatic rings. The predicted molar refractivity (Wildman–Crippen MR) is 70.9 cm³/mol. The second-order valence-electron chi connectivity index (χ2n) is 5.48. The highest BCUT2D eigenvalue weighted by Crippen LogP contribution is 2.34. The van der Waals surface area contributed by atoms with E-state index in [1.807, 2.05) is 4.90 Å². The van der Waals surface area contributed by atoms with Crippen LogP contribution in [-0.4, -0.2) is 12.6 Å². The Morgan fingerprint density at radius 1 is 1.32 bits per heavy atom. The third-order valence-electron chi connectivity index (χ3n) is 3.43. The molecule has 0 saturated heterocycles. The molecule has 0 bridgehead atoms. The lowest BCUT2D eigenvalue weighted by Crippen LogP contribution is -2.29. The Bertz CT molecular complexity index is 502. The summed E-state index contributed by atoms with van der Waals surface area (Å²) in [6.45, 7) is 4.95. The molecule has 1 saturated carbocycles. The van der Waals surface area contributed by atoms with Gasteiger partial charge in [-0.05, 0) is 37.3 Å². The van der Waals surface area contributed by atoms with Crippen molar-refractivity contribution in [2.24, 2.45) is 5.92 Å². The Kier molecular flexibility index (Phi) is 4.04. The van der Waals surface area contributed by atoms with Gasteiger partial charge in [0.05, 0.1) is 11.3 Å². The molecular weight excluding hydrogens is 246 g/mol. The molecule has 2 rings (SSSR count). The zero-order valence-electron chi connectivity index (χ0n) is 11.3. The molecule has 0 N–H and O–H groups in total. The monoisotopic (exact) mass is 264 g/mol. The summed E-state index contributed by atoms with van der Waals surface area (Å²) in [4.78, 5) is 1.94. The van der Waals surface area contributed by atoms with Crippen LogP contribution in [0.3, 0.4) is 0 Å². The maximum absolute atomic E-state index is 14.0. The number of halogens is 2. The molecule has 1 aliphatic carbocycles. The minimum absolute atomic E-state index is 0.235. The van der Waals surface area contributed by atoms with E-state index >= 15 is 0 Å². The molecule has 0 heterocycles. The molecule has 0 radical (unpaired) electrons. The lowest BCUT2D eigenvalue weighted by molar-refractivity contribution is 0.498. The molecule has 0 atom stereocenters. The van der Waals surface area contributed by atoms with Crippen molar-refractivity contribution in [3.8, 4) is 6.07 Å². The Balaban J connectivity index is 2.27. The third kappa shape index (κ3) is 3.04. The van der Waals surface area contributed by atoms with Gasteiger partial charge in [0.25, 0.3) is 0 Å². The number of anilines is 1. The van der Waals surface area contributed by atoms with E-state index in [4.69, 9.17) is 5.26 Å². The fourth-order valence-corrected chi connectivity index (χ4v) is 2.13. The van der Waals surface area contributed by atoms with Crippen LogP contribution in [0.4, 0.5) is 14.5 Å². The maximum atomic E-state index is 14.0. The van der Waals surface area contributed by atoms with Crippen LogP contribution in [0.2, 0.25) is 0 Å². The lowest BCUT2D eigenvalue weighted by Gasteiger charge is -2.26. The van der Waals surface area contributed by atoms with Crippen molar-refractivity contribution in [1.82, 2.24) is 0 Å². The first-order valence-corrected chi connectivity index (χ1v) is 6.69. The quantitative estimate of drug-likeness (QED) is 0.807. The number of benzene rings is 1. The molecule has 2 nitrogen and oxygen atoms in total.